The molecule has 2 aliphatic rings. The van der Waals surface area contributed by atoms with E-state index in [-0.39, 0.29) is 11.5 Å². The molecule has 0 aromatic heterocycles. The second kappa shape index (κ2) is 4.35. The van der Waals surface area contributed by atoms with Crippen LogP contribution < -0.4 is 0 Å². The number of carbonyl (C=O) groups is 1. The van der Waals surface area contributed by atoms with Gasteiger partial charge in [0.2, 0.25) is 0 Å². The van der Waals surface area contributed by atoms with E-state index in [4.69, 9.17) is 11.6 Å². The fourth-order valence-corrected chi connectivity index (χ4v) is 2.77. The van der Waals surface area contributed by atoms with Gasteiger partial charge in [0.15, 0.2) is 5.78 Å². The molecule has 1 aliphatic heterocycles. The van der Waals surface area contributed by atoms with Gasteiger partial charge in [-0.05, 0) is 24.1 Å². The number of hydrogen-bond donors (Lipinski definition) is 1. The summed E-state index contributed by atoms with van der Waals surface area (Å²) < 4.78 is 0. The number of fused-ring (bicyclic) bond motifs is 1. The average Bonchev–Trinajstić information content (AvgIpc) is 2.68. The molecule has 0 saturated heterocycles. The van der Waals surface area contributed by atoms with Gasteiger partial charge in [0.25, 0.3) is 0 Å². The number of allylic oxidation sites excluding steroid dienone is 2. The number of ketones is 1. The minimum absolute atomic E-state index is 0.0282. The first-order chi connectivity index (χ1) is 9.04. The zero-order valence-corrected chi connectivity index (χ0v) is 11.2. The highest BCUT2D eigenvalue weighted by atomic mass is 35.5. The Morgan fingerprint density at radius 1 is 1.32 bits per heavy atom. The van der Waals surface area contributed by atoms with Crippen molar-refractivity contribution in [2.45, 2.75) is 19.8 Å². The molecule has 3 rings (SSSR count). The molecule has 4 heteroatoms. The molecule has 0 atom stereocenters. The lowest BCUT2D eigenvalue weighted by molar-refractivity contribution is -0.114. The lowest BCUT2D eigenvalue weighted by atomic mass is 9.91. The maximum absolute atomic E-state index is 11.4. The Kier molecular flexibility index (Phi) is 2.79. The highest BCUT2D eigenvalue weighted by molar-refractivity contribution is 6.35. The van der Waals surface area contributed by atoms with Crippen LogP contribution in [0.25, 0.3) is 11.3 Å². The van der Waals surface area contributed by atoms with E-state index in [2.05, 4.69) is 4.99 Å². The van der Waals surface area contributed by atoms with Gasteiger partial charge in [0.05, 0.1) is 0 Å². The second-order valence-electron chi connectivity index (χ2n) is 4.84. The van der Waals surface area contributed by atoms with Crippen molar-refractivity contribution in [2.24, 2.45) is 4.99 Å². The van der Waals surface area contributed by atoms with Crippen LogP contribution in [0.1, 0.15) is 30.0 Å². The molecule has 0 radical (unpaired) electrons. The number of aliphatic hydroxyl groups is 1. The van der Waals surface area contributed by atoms with E-state index in [9.17, 15) is 9.90 Å². The molecule has 0 bridgehead atoms. The van der Waals surface area contributed by atoms with Crippen molar-refractivity contribution >= 4 is 34.4 Å². The van der Waals surface area contributed by atoms with Crippen molar-refractivity contribution in [3.8, 4) is 0 Å². The first-order valence-corrected chi connectivity index (χ1v) is 6.42. The van der Waals surface area contributed by atoms with Gasteiger partial charge in [-0.1, -0.05) is 23.7 Å². The molecule has 1 N–H and O–H groups in total. The van der Waals surface area contributed by atoms with Crippen LogP contribution in [0.2, 0.25) is 0 Å². The predicted molar refractivity (Wildman–Crippen MR) is 76.3 cm³/mol. The van der Waals surface area contributed by atoms with Crippen LogP contribution in [-0.4, -0.2) is 16.6 Å². The predicted octanol–water partition coefficient (Wildman–Crippen LogP) is 3.48. The Morgan fingerprint density at radius 2 is 2.11 bits per heavy atom. The van der Waals surface area contributed by atoms with Crippen LogP contribution in [0.5, 0.6) is 0 Å². The molecule has 0 saturated carbocycles. The number of aliphatic imine (C=N–C) groups is 1. The first kappa shape index (κ1) is 12.2. The molecule has 0 spiro atoms. The lowest BCUT2D eigenvalue weighted by Gasteiger charge is -2.15. The fraction of sp³-hybridized carbons (Fsp3) is 0.200. The molecule has 1 aromatic carbocycles. The average molecular weight is 274 g/mol. The van der Waals surface area contributed by atoms with E-state index in [0.29, 0.717) is 17.1 Å². The normalized spacial score (nSPS) is 18.3. The van der Waals surface area contributed by atoms with Gasteiger partial charge >= 0.3 is 0 Å². The van der Waals surface area contributed by atoms with Gasteiger partial charge in [-0.2, -0.15) is 0 Å². The van der Waals surface area contributed by atoms with Crippen LogP contribution in [-0.2, 0) is 11.2 Å². The summed E-state index contributed by atoms with van der Waals surface area (Å²) in [6, 6.07) is 5.67. The zero-order chi connectivity index (χ0) is 13.6. The van der Waals surface area contributed by atoms with Crippen LogP contribution in [0.15, 0.2) is 34.4 Å². The third-order valence-corrected chi connectivity index (χ3v) is 3.68. The smallest absolute Gasteiger partial charge is 0.163 e. The van der Waals surface area contributed by atoms with E-state index in [1.54, 1.807) is 0 Å². The topological polar surface area (TPSA) is 49.7 Å². The Balaban J connectivity index is 2.06. The minimum atomic E-state index is -0.0740. The van der Waals surface area contributed by atoms with Gasteiger partial charge < -0.3 is 5.11 Å². The number of rotatable bonds is 1. The Labute approximate surface area is 115 Å². The summed E-state index contributed by atoms with van der Waals surface area (Å²) in [5, 5.41) is 10.4. The lowest BCUT2D eigenvalue weighted by Crippen LogP contribution is -2.09. The van der Waals surface area contributed by atoms with Gasteiger partial charge in [0, 0.05) is 35.8 Å². The number of hydrogen-bond acceptors (Lipinski definition) is 3. The summed E-state index contributed by atoms with van der Waals surface area (Å²) >= 11 is 6.11. The van der Waals surface area contributed by atoms with Gasteiger partial charge in [-0.3, -0.25) is 4.79 Å². The number of carbonyl (C=O) groups excluding carboxylic acids is 1. The van der Waals surface area contributed by atoms with Crippen LogP contribution in [0.3, 0.4) is 0 Å². The van der Waals surface area contributed by atoms with E-state index in [1.807, 2.05) is 25.1 Å². The Bertz CT molecular complexity index is 683. The fourth-order valence-electron chi connectivity index (χ4n) is 2.45. The monoisotopic (exact) mass is 273 g/mol. The number of aliphatic hydroxyl groups excluding tert-OH is 1. The summed E-state index contributed by atoms with van der Waals surface area (Å²) in [4.78, 5) is 15.6. The minimum Gasteiger partial charge on any atom is -0.507 e. The number of nitrogens with zero attached hydrogens (tertiary/aromatic N) is 1. The third kappa shape index (κ3) is 2.10. The van der Waals surface area contributed by atoms with E-state index in [1.165, 1.54) is 6.08 Å². The van der Waals surface area contributed by atoms with Gasteiger partial charge in [-0.15, -0.1) is 0 Å². The summed E-state index contributed by atoms with van der Waals surface area (Å²) in [6.45, 7) is 1.93. The largest absolute Gasteiger partial charge is 0.507 e. The molecule has 1 aromatic rings. The first-order valence-electron chi connectivity index (χ1n) is 6.04. The van der Waals surface area contributed by atoms with Crippen LogP contribution in [0.4, 0.5) is 0 Å². The number of halogens is 1. The molecule has 3 nitrogen and oxygen atoms in total. The van der Waals surface area contributed by atoms with Crippen molar-refractivity contribution in [1.82, 2.24) is 0 Å². The molecule has 96 valence electrons. The summed E-state index contributed by atoms with van der Waals surface area (Å²) in [5.41, 5.74) is 4.44. The third-order valence-electron chi connectivity index (χ3n) is 3.37. The molecular weight excluding hydrogens is 262 g/mol. The Hall–Kier alpha value is -1.87. The van der Waals surface area contributed by atoms with Crippen molar-refractivity contribution in [1.29, 1.82) is 0 Å². The van der Waals surface area contributed by atoms with E-state index >= 15 is 0 Å². The second-order valence-corrected chi connectivity index (χ2v) is 5.20. The zero-order valence-electron chi connectivity index (χ0n) is 10.4. The standard InChI is InChI=1S/C15H12ClNO2/c1-8-4-13(15(16)17-8)10-3-2-9-5-11(18)7-14(19)12(9)6-10/h2-3,6-7,19H,4-5H2,1H3. The summed E-state index contributed by atoms with van der Waals surface area (Å²) in [7, 11) is 0. The molecule has 0 fully saturated rings. The van der Waals surface area contributed by atoms with Crippen molar-refractivity contribution in [2.75, 3.05) is 0 Å². The highest BCUT2D eigenvalue weighted by Gasteiger charge is 2.20. The molecule has 1 heterocycles. The molecule has 0 unspecified atom stereocenters. The SMILES string of the molecule is CC1=NC(Cl)=C(c2ccc3c(c2)C(O)=CC(=O)C3)C1. The maximum Gasteiger partial charge on any atom is 0.163 e. The molecule has 1 aliphatic carbocycles. The highest BCUT2D eigenvalue weighted by Crippen LogP contribution is 2.34. The van der Waals surface area contributed by atoms with Crippen molar-refractivity contribution < 1.29 is 9.90 Å². The van der Waals surface area contributed by atoms with E-state index < -0.39 is 0 Å². The molecule has 0 amide bonds. The molecular formula is C15H12ClNO2. The van der Waals surface area contributed by atoms with Crippen LogP contribution in [0, 0.1) is 0 Å². The Morgan fingerprint density at radius 3 is 2.79 bits per heavy atom. The molecule has 19 heavy (non-hydrogen) atoms. The van der Waals surface area contributed by atoms with Gasteiger partial charge in [0.1, 0.15) is 10.9 Å². The number of benzene rings is 1. The van der Waals surface area contributed by atoms with E-state index in [0.717, 1.165) is 28.8 Å². The summed E-state index contributed by atoms with van der Waals surface area (Å²) in [5.74, 6) is -0.0458. The quantitative estimate of drug-likeness (QED) is 0.797. The van der Waals surface area contributed by atoms with Crippen LogP contribution >= 0.6 is 11.6 Å². The van der Waals surface area contributed by atoms with Crippen molar-refractivity contribution in [3.05, 3.63) is 46.1 Å². The summed E-state index contributed by atoms with van der Waals surface area (Å²) in [6.07, 6.45) is 2.33. The maximum atomic E-state index is 11.4. The van der Waals surface area contributed by atoms with Gasteiger partial charge in [-0.25, -0.2) is 4.99 Å². The van der Waals surface area contributed by atoms with Crippen molar-refractivity contribution in [3.63, 3.8) is 0 Å².